The van der Waals surface area contributed by atoms with Crippen LogP contribution in [-0.4, -0.2) is 18.6 Å². The Kier molecular flexibility index (Phi) is 6.60. The summed E-state index contributed by atoms with van der Waals surface area (Å²) in [7, 11) is 0. The molecule has 3 heteroatoms. The van der Waals surface area contributed by atoms with E-state index in [2.05, 4.69) is 29.1 Å². The summed E-state index contributed by atoms with van der Waals surface area (Å²) in [5, 5.41) is 5.98. The van der Waals surface area contributed by atoms with Gasteiger partial charge in [-0.05, 0) is 61.6 Å². The van der Waals surface area contributed by atoms with Crippen molar-refractivity contribution in [3.05, 3.63) is 22.4 Å². The predicted molar refractivity (Wildman–Crippen MR) is 84.6 cm³/mol. The molecule has 1 atom stereocenters. The zero-order valence-electron chi connectivity index (χ0n) is 11.4. The van der Waals surface area contributed by atoms with Crippen molar-refractivity contribution in [2.24, 2.45) is 5.92 Å². The molecule has 1 fully saturated rings. The van der Waals surface area contributed by atoms with E-state index >= 15 is 0 Å². The van der Waals surface area contributed by atoms with Crippen LogP contribution in [0.5, 0.6) is 0 Å². The van der Waals surface area contributed by atoms with Crippen LogP contribution in [0, 0.1) is 5.92 Å². The van der Waals surface area contributed by atoms with Gasteiger partial charge in [0.15, 0.2) is 0 Å². The Labute approximate surface area is 120 Å². The second kappa shape index (κ2) is 8.23. The maximum atomic E-state index is 3.78. The number of rotatable bonds is 10. The van der Waals surface area contributed by atoms with Gasteiger partial charge < -0.3 is 5.32 Å². The molecule has 102 valence electrons. The van der Waals surface area contributed by atoms with Crippen LogP contribution in [0.15, 0.2) is 17.5 Å². The van der Waals surface area contributed by atoms with Crippen molar-refractivity contribution < 1.29 is 0 Å². The van der Waals surface area contributed by atoms with Crippen LogP contribution < -0.4 is 5.32 Å². The number of hydrogen-bond acceptors (Lipinski definition) is 3. The number of hydrogen-bond donors (Lipinski definition) is 1. The van der Waals surface area contributed by atoms with Crippen molar-refractivity contribution in [1.29, 1.82) is 0 Å². The van der Waals surface area contributed by atoms with Crippen molar-refractivity contribution in [3.63, 3.8) is 0 Å². The van der Waals surface area contributed by atoms with Crippen molar-refractivity contribution in [3.8, 4) is 0 Å². The van der Waals surface area contributed by atoms with E-state index in [-0.39, 0.29) is 0 Å². The predicted octanol–water partition coefficient (Wildman–Crippen LogP) is 4.71. The molecule has 1 unspecified atom stereocenters. The van der Waals surface area contributed by atoms with Gasteiger partial charge in [0.25, 0.3) is 0 Å². The third kappa shape index (κ3) is 4.94. The number of thioether (sulfide) groups is 1. The average Bonchev–Trinajstić information content (AvgIpc) is 3.07. The largest absolute Gasteiger partial charge is 0.309 e. The van der Waals surface area contributed by atoms with E-state index in [9.17, 15) is 0 Å². The van der Waals surface area contributed by atoms with Crippen LogP contribution >= 0.6 is 23.1 Å². The Morgan fingerprint density at radius 2 is 2.17 bits per heavy atom. The molecule has 1 nitrogen and oxygen atoms in total. The minimum Gasteiger partial charge on any atom is -0.309 e. The fourth-order valence-electron chi connectivity index (χ4n) is 2.38. The lowest BCUT2D eigenvalue weighted by Gasteiger charge is -2.16. The average molecular weight is 284 g/mol. The number of unbranched alkanes of at least 4 members (excludes halogenated alkanes) is 3. The van der Waals surface area contributed by atoms with E-state index in [1.54, 1.807) is 4.88 Å². The second-order valence-corrected chi connectivity index (χ2v) is 7.16. The summed E-state index contributed by atoms with van der Waals surface area (Å²) in [6, 6.07) is 5.12. The monoisotopic (exact) mass is 283 g/mol. The molecule has 1 aromatic heterocycles. The molecule has 0 radical (unpaired) electrons. The van der Waals surface area contributed by atoms with Gasteiger partial charge in [-0.15, -0.1) is 11.3 Å². The fraction of sp³-hybridized carbons (Fsp3) is 0.733. The molecular weight excluding hydrogens is 258 g/mol. The molecule has 0 saturated heterocycles. The summed E-state index contributed by atoms with van der Waals surface area (Å²) in [5.74, 6) is 2.24. The first-order valence-corrected chi connectivity index (χ1v) is 9.45. The van der Waals surface area contributed by atoms with Gasteiger partial charge in [0.2, 0.25) is 0 Å². The van der Waals surface area contributed by atoms with Gasteiger partial charge >= 0.3 is 0 Å². The zero-order valence-corrected chi connectivity index (χ0v) is 13.0. The lowest BCUT2D eigenvalue weighted by atomic mass is 10.1. The highest BCUT2D eigenvalue weighted by Crippen LogP contribution is 2.42. The van der Waals surface area contributed by atoms with Gasteiger partial charge in [0, 0.05) is 10.9 Å². The highest BCUT2D eigenvalue weighted by Gasteiger charge is 2.32. The Morgan fingerprint density at radius 1 is 1.33 bits per heavy atom. The van der Waals surface area contributed by atoms with E-state index in [0.29, 0.717) is 6.04 Å². The lowest BCUT2D eigenvalue weighted by molar-refractivity contribution is 0.473. The van der Waals surface area contributed by atoms with E-state index in [1.807, 2.05) is 23.1 Å². The molecule has 0 amide bonds. The smallest absolute Gasteiger partial charge is 0.0443 e. The van der Waals surface area contributed by atoms with E-state index < -0.39 is 0 Å². The van der Waals surface area contributed by atoms with Crippen molar-refractivity contribution in [1.82, 2.24) is 5.32 Å². The molecular formula is C15H25NS2. The Bertz CT molecular complexity index is 306. The van der Waals surface area contributed by atoms with Gasteiger partial charge in [-0.2, -0.15) is 11.8 Å². The maximum absolute atomic E-state index is 3.78. The Hall–Kier alpha value is 0.01000. The lowest BCUT2D eigenvalue weighted by Crippen LogP contribution is -2.23. The Balaban J connectivity index is 1.59. The van der Waals surface area contributed by atoms with Crippen LogP contribution in [0.3, 0.4) is 0 Å². The van der Waals surface area contributed by atoms with Gasteiger partial charge in [-0.3, -0.25) is 0 Å². The first-order chi connectivity index (χ1) is 8.92. The first kappa shape index (κ1) is 14.4. The molecule has 1 aliphatic carbocycles. The van der Waals surface area contributed by atoms with Gasteiger partial charge in [0.05, 0.1) is 0 Å². The first-order valence-electron chi connectivity index (χ1n) is 7.17. The van der Waals surface area contributed by atoms with Crippen LogP contribution in [0.25, 0.3) is 0 Å². The summed E-state index contributed by atoms with van der Waals surface area (Å²) in [6.45, 7) is 1.19. The third-order valence-corrected chi connectivity index (χ3v) is 5.23. The molecule has 1 aromatic rings. The fourth-order valence-corrected chi connectivity index (χ4v) is 3.77. The topological polar surface area (TPSA) is 12.0 Å². The number of nitrogens with one attached hydrogen (secondary N) is 1. The van der Waals surface area contributed by atoms with Gasteiger partial charge in [0.1, 0.15) is 0 Å². The minimum atomic E-state index is 0.649. The van der Waals surface area contributed by atoms with Gasteiger partial charge in [-0.25, -0.2) is 0 Å². The van der Waals surface area contributed by atoms with Crippen molar-refractivity contribution in [2.75, 3.05) is 18.6 Å². The molecule has 18 heavy (non-hydrogen) atoms. The zero-order chi connectivity index (χ0) is 12.6. The van der Waals surface area contributed by atoms with E-state index in [1.165, 1.54) is 50.8 Å². The van der Waals surface area contributed by atoms with Crippen molar-refractivity contribution >= 4 is 23.1 Å². The minimum absolute atomic E-state index is 0.649. The summed E-state index contributed by atoms with van der Waals surface area (Å²) >= 11 is 3.88. The number of thiophene rings is 1. The molecule has 1 N–H and O–H groups in total. The SMILES string of the molecule is CSCCCCCCNC(c1cccs1)C1CC1. The summed E-state index contributed by atoms with van der Waals surface area (Å²) in [5.41, 5.74) is 0. The van der Waals surface area contributed by atoms with Crippen LogP contribution in [-0.2, 0) is 0 Å². The molecule has 1 saturated carbocycles. The molecule has 0 aromatic carbocycles. The molecule has 1 aliphatic rings. The summed E-state index contributed by atoms with van der Waals surface area (Å²) in [4.78, 5) is 1.54. The molecule has 0 spiro atoms. The summed E-state index contributed by atoms with van der Waals surface area (Å²) in [6.07, 6.45) is 10.5. The normalized spacial score (nSPS) is 16.9. The van der Waals surface area contributed by atoms with Gasteiger partial charge in [-0.1, -0.05) is 18.9 Å². The quantitative estimate of drug-likeness (QED) is 0.624. The van der Waals surface area contributed by atoms with E-state index in [4.69, 9.17) is 0 Å². The molecule has 2 rings (SSSR count). The second-order valence-electron chi connectivity index (χ2n) is 5.19. The van der Waals surface area contributed by atoms with Crippen LogP contribution in [0.1, 0.15) is 49.4 Å². The van der Waals surface area contributed by atoms with E-state index in [0.717, 1.165) is 5.92 Å². The highest BCUT2D eigenvalue weighted by molar-refractivity contribution is 7.98. The maximum Gasteiger partial charge on any atom is 0.0443 e. The third-order valence-electron chi connectivity index (χ3n) is 3.58. The molecule has 0 bridgehead atoms. The van der Waals surface area contributed by atoms with Crippen LogP contribution in [0.2, 0.25) is 0 Å². The van der Waals surface area contributed by atoms with Crippen LogP contribution in [0.4, 0.5) is 0 Å². The molecule has 1 heterocycles. The standard InChI is InChI=1S/C15H25NS2/c1-17-11-5-3-2-4-10-16-15(13-8-9-13)14-7-6-12-18-14/h6-7,12-13,15-16H,2-5,8-11H2,1H3. The summed E-state index contributed by atoms with van der Waals surface area (Å²) < 4.78 is 0. The Morgan fingerprint density at radius 3 is 2.83 bits per heavy atom. The molecule has 0 aliphatic heterocycles. The van der Waals surface area contributed by atoms with Crippen molar-refractivity contribution in [2.45, 2.75) is 44.6 Å². The highest BCUT2D eigenvalue weighted by atomic mass is 32.2.